The highest BCUT2D eigenvalue weighted by atomic mass is 33.9. The van der Waals surface area contributed by atoms with Crippen molar-refractivity contribution in [2.75, 3.05) is 13.4 Å². The van der Waals surface area contributed by atoms with Gasteiger partial charge in [-0.15, -0.1) is 8.09 Å². The van der Waals surface area contributed by atoms with Crippen molar-refractivity contribution < 1.29 is 9.84 Å². The highest BCUT2D eigenvalue weighted by molar-refractivity contribution is 9.62. The van der Waals surface area contributed by atoms with Crippen LogP contribution in [0.25, 0.3) is 0 Å². The van der Waals surface area contributed by atoms with E-state index in [0.29, 0.717) is 5.75 Å². The topological polar surface area (TPSA) is 29.5 Å². The summed E-state index contributed by atoms with van der Waals surface area (Å²) in [7, 11) is 4.64. The molecule has 112 valence electrons. The maximum Gasteiger partial charge on any atom is 0.118 e. The van der Waals surface area contributed by atoms with E-state index in [1.165, 1.54) is 10.2 Å². The summed E-state index contributed by atoms with van der Waals surface area (Å²) in [5.41, 5.74) is 0. The Bertz CT molecular complexity index is 690. The van der Waals surface area contributed by atoms with Crippen molar-refractivity contribution in [2.45, 2.75) is 4.90 Å². The molecule has 0 bridgehead atoms. The average Bonchev–Trinajstić information content (AvgIpc) is 2.46. The van der Waals surface area contributed by atoms with Gasteiger partial charge in [-0.1, -0.05) is 11.8 Å². The predicted molar refractivity (Wildman–Crippen MR) is 102 cm³/mol. The zero-order valence-electron chi connectivity index (χ0n) is 11.6. The molecule has 21 heavy (non-hydrogen) atoms. The van der Waals surface area contributed by atoms with E-state index in [-0.39, 0.29) is 0 Å². The third-order valence-electron chi connectivity index (χ3n) is 3.13. The molecule has 1 aliphatic rings. The van der Waals surface area contributed by atoms with Gasteiger partial charge in [0.15, 0.2) is 0 Å². The minimum absolute atomic E-state index is 0.293. The number of benzene rings is 2. The first-order valence-corrected chi connectivity index (χ1v) is 14.9. The van der Waals surface area contributed by atoms with Crippen LogP contribution in [-0.2, 0) is 11.8 Å². The van der Waals surface area contributed by atoms with Gasteiger partial charge in [0.1, 0.15) is 15.9 Å². The lowest BCUT2D eigenvalue weighted by Gasteiger charge is -2.50. The molecule has 1 N–H and O–H groups in total. The van der Waals surface area contributed by atoms with Crippen molar-refractivity contribution >= 4 is 50.5 Å². The van der Waals surface area contributed by atoms with Crippen molar-refractivity contribution in [1.29, 1.82) is 0 Å². The van der Waals surface area contributed by atoms with Crippen LogP contribution in [0.3, 0.4) is 0 Å². The molecule has 7 heteroatoms. The second-order valence-corrected chi connectivity index (χ2v) is 23.7. The van der Waals surface area contributed by atoms with Gasteiger partial charge in [-0.2, -0.15) is 0 Å². The fourth-order valence-corrected chi connectivity index (χ4v) is 37.8. The normalized spacial score (nSPS) is 31.0. The van der Waals surface area contributed by atoms with Crippen LogP contribution in [0.2, 0.25) is 0 Å². The van der Waals surface area contributed by atoms with E-state index in [0.717, 1.165) is 5.75 Å². The van der Waals surface area contributed by atoms with Crippen LogP contribution in [0.15, 0.2) is 53.4 Å². The number of aromatic hydroxyl groups is 1. The number of hydrogen-bond donors (Lipinski definition) is 1. The van der Waals surface area contributed by atoms with Gasteiger partial charge in [0.2, 0.25) is 0 Å². The monoisotopic (exact) mass is 374 g/mol. The van der Waals surface area contributed by atoms with E-state index in [2.05, 4.69) is 18.4 Å². The summed E-state index contributed by atoms with van der Waals surface area (Å²) in [5, 5.41) is 10.6. The molecule has 1 saturated heterocycles. The number of phenols is 1. The molecule has 2 nitrogen and oxygen atoms in total. The first kappa shape index (κ1) is 15.6. The average molecular weight is 375 g/mol. The Hall–Kier alpha value is -0.260. The van der Waals surface area contributed by atoms with E-state index >= 15 is 0 Å². The minimum Gasteiger partial charge on any atom is -0.508 e. The quantitative estimate of drug-likeness (QED) is 0.594. The highest BCUT2D eigenvalue weighted by Crippen LogP contribution is 3.05. The molecule has 0 aliphatic carbocycles. The van der Waals surface area contributed by atoms with Crippen molar-refractivity contribution in [3.05, 3.63) is 48.5 Å². The molecule has 0 unspecified atom stereocenters. The number of hydrogen-bond acceptors (Lipinski definition) is 5. The molecule has 0 radical (unpaired) electrons. The Kier molecular flexibility index (Phi) is 4.27. The lowest BCUT2D eigenvalue weighted by molar-refractivity contribution is 0.414. The number of rotatable bonds is 3. The maximum atomic E-state index is 9.40. The van der Waals surface area contributed by atoms with Gasteiger partial charge in [-0.25, -0.2) is 0 Å². The standard InChI is InChI=1S/C14H15O2PS4/c1-16-12-5-9-14(10-6-12)21(2)19-17(18,20-21)13-7-3-11(15)4-8-13/h3-10,15H,1-2H3. The van der Waals surface area contributed by atoms with Gasteiger partial charge in [-0.05, 0) is 75.6 Å². The van der Waals surface area contributed by atoms with Gasteiger partial charge in [0.25, 0.3) is 0 Å². The summed E-state index contributed by atoms with van der Waals surface area (Å²) in [5.74, 6) is 1.18. The second kappa shape index (κ2) is 5.74. The molecule has 0 atom stereocenters. The maximum absolute atomic E-state index is 9.40. The molecule has 0 saturated carbocycles. The molecular weight excluding hydrogens is 359 g/mol. The molecule has 0 amide bonds. The largest absolute Gasteiger partial charge is 0.508 e. The second-order valence-electron chi connectivity index (χ2n) is 4.61. The van der Waals surface area contributed by atoms with Gasteiger partial charge in [0.05, 0.1) is 7.11 Å². The lowest BCUT2D eigenvalue weighted by Crippen LogP contribution is -2.07. The summed E-state index contributed by atoms with van der Waals surface area (Å²) in [6.45, 7) is 0. The third kappa shape index (κ3) is 2.97. The first-order valence-electron chi connectivity index (χ1n) is 6.20. The molecule has 0 spiro atoms. The number of methoxy groups -OCH3 is 1. The summed E-state index contributed by atoms with van der Waals surface area (Å²) < 4.78 is 3.60. The van der Waals surface area contributed by atoms with Crippen LogP contribution >= 0.6 is 33.4 Å². The summed E-state index contributed by atoms with van der Waals surface area (Å²) in [6, 6.07) is 15.7. The van der Waals surface area contributed by atoms with Gasteiger partial charge >= 0.3 is 0 Å². The van der Waals surface area contributed by atoms with Gasteiger partial charge in [0, 0.05) is 10.2 Å². The van der Waals surface area contributed by atoms with E-state index in [1.807, 2.05) is 45.1 Å². The van der Waals surface area contributed by atoms with Crippen LogP contribution in [-0.4, -0.2) is 18.5 Å². The molecule has 1 fully saturated rings. The number of phenolic OH excluding ortho intramolecular Hbond substituents is 1. The molecule has 2 aromatic rings. The summed E-state index contributed by atoms with van der Waals surface area (Å²) in [6.07, 6.45) is 2.30. The van der Waals surface area contributed by atoms with Crippen molar-refractivity contribution in [3.8, 4) is 11.5 Å². The minimum atomic E-state index is -1.61. The zero-order chi connectivity index (χ0) is 15.1. The molecule has 2 aromatic carbocycles. The van der Waals surface area contributed by atoms with Crippen LogP contribution in [0.5, 0.6) is 11.5 Å². The Morgan fingerprint density at radius 1 is 1.05 bits per heavy atom. The van der Waals surface area contributed by atoms with Crippen molar-refractivity contribution in [3.63, 3.8) is 0 Å². The third-order valence-corrected chi connectivity index (χ3v) is 30.6. The first-order chi connectivity index (χ1) is 9.95. The Morgan fingerprint density at radius 3 is 2.14 bits per heavy atom. The highest BCUT2D eigenvalue weighted by Gasteiger charge is 2.46. The Labute approximate surface area is 138 Å². The van der Waals surface area contributed by atoms with Gasteiger partial charge < -0.3 is 9.84 Å². The SMILES string of the molecule is COc1ccc(S2(C)SP(=S)(c3ccc(O)cc3)S2)cc1. The van der Waals surface area contributed by atoms with E-state index in [9.17, 15) is 5.11 Å². The summed E-state index contributed by atoms with van der Waals surface area (Å²) in [4.78, 5) is 1.34. The van der Waals surface area contributed by atoms with E-state index in [4.69, 9.17) is 16.5 Å². The van der Waals surface area contributed by atoms with Crippen molar-refractivity contribution in [1.82, 2.24) is 0 Å². The van der Waals surface area contributed by atoms with Crippen LogP contribution in [0, 0.1) is 0 Å². The smallest absolute Gasteiger partial charge is 0.118 e. The van der Waals surface area contributed by atoms with Crippen LogP contribution in [0.1, 0.15) is 0 Å². The molecule has 3 rings (SSSR count). The predicted octanol–water partition coefficient (Wildman–Crippen LogP) is 5.14. The Balaban J connectivity index is 1.81. The van der Waals surface area contributed by atoms with E-state index in [1.54, 1.807) is 19.2 Å². The van der Waals surface area contributed by atoms with Crippen molar-refractivity contribution in [2.24, 2.45) is 0 Å². The number of ether oxygens (including phenoxy) is 1. The Morgan fingerprint density at radius 2 is 1.62 bits per heavy atom. The molecule has 0 aromatic heterocycles. The van der Waals surface area contributed by atoms with E-state index < -0.39 is 12.5 Å². The lowest BCUT2D eigenvalue weighted by atomic mass is 10.3. The summed E-state index contributed by atoms with van der Waals surface area (Å²) >= 11 is 5.89. The molecule has 1 heterocycles. The van der Waals surface area contributed by atoms with Crippen LogP contribution < -0.4 is 10.0 Å². The fraction of sp³-hybridized carbons (Fsp3) is 0.143. The molecular formula is C14H15O2PS4. The van der Waals surface area contributed by atoms with Gasteiger partial charge in [-0.3, -0.25) is 0 Å². The fourth-order valence-electron chi connectivity index (χ4n) is 2.01. The zero-order valence-corrected chi connectivity index (χ0v) is 15.7. The molecule has 1 aliphatic heterocycles. The van der Waals surface area contributed by atoms with Crippen LogP contribution in [0.4, 0.5) is 0 Å².